The van der Waals surface area contributed by atoms with Crippen molar-refractivity contribution in [2.24, 2.45) is 11.7 Å². The number of carbonyl (C=O) groups excluding carboxylic acids is 1. The van der Waals surface area contributed by atoms with E-state index in [1.807, 2.05) is 0 Å². The van der Waals surface area contributed by atoms with Crippen molar-refractivity contribution in [3.05, 3.63) is 36.0 Å². The number of aromatic nitrogens is 1. The molecule has 0 radical (unpaired) electrons. The number of aliphatic carboxylic acids is 1. The van der Waals surface area contributed by atoms with Gasteiger partial charge in [0.1, 0.15) is 5.82 Å². The number of pyridine rings is 1. The Morgan fingerprint density at radius 2 is 2.22 bits per heavy atom. The molecule has 0 bridgehead atoms. The van der Waals surface area contributed by atoms with Crippen LogP contribution in [0.3, 0.4) is 0 Å². The fourth-order valence-electron chi connectivity index (χ4n) is 1.88. The van der Waals surface area contributed by atoms with Crippen LogP contribution in [0.5, 0.6) is 0 Å². The van der Waals surface area contributed by atoms with Gasteiger partial charge >= 0.3 is 5.97 Å². The highest BCUT2D eigenvalue weighted by Crippen LogP contribution is 2.22. The second kappa shape index (κ2) is 4.87. The minimum Gasteiger partial charge on any atom is -0.481 e. The summed E-state index contributed by atoms with van der Waals surface area (Å²) in [5, 5.41) is 11.9. The fraction of sp³-hybridized carbons (Fsp3) is 0.250. The van der Waals surface area contributed by atoms with Crippen molar-refractivity contribution in [1.29, 1.82) is 0 Å². The van der Waals surface area contributed by atoms with E-state index in [2.05, 4.69) is 10.3 Å². The van der Waals surface area contributed by atoms with Crippen LogP contribution < -0.4 is 11.1 Å². The maximum Gasteiger partial charge on any atom is 0.310 e. The molecule has 0 saturated heterocycles. The Labute approximate surface area is 104 Å². The van der Waals surface area contributed by atoms with Crippen molar-refractivity contribution >= 4 is 17.7 Å². The Balaban J connectivity index is 2.10. The number of carboxylic acids is 1. The summed E-state index contributed by atoms with van der Waals surface area (Å²) >= 11 is 0. The lowest BCUT2D eigenvalue weighted by Crippen LogP contribution is -2.22. The van der Waals surface area contributed by atoms with E-state index in [0.29, 0.717) is 17.8 Å². The van der Waals surface area contributed by atoms with Crippen LogP contribution in [0.25, 0.3) is 0 Å². The molecule has 1 heterocycles. The average Bonchev–Trinajstić information content (AvgIpc) is 2.78. The highest BCUT2D eigenvalue weighted by Gasteiger charge is 2.25. The summed E-state index contributed by atoms with van der Waals surface area (Å²) in [4.78, 5) is 26.0. The second-order valence-electron chi connectivity index (χ2n) is 4.08. The first kappa shape index (κ1) is 12.1. The summed E-state index contributed by atoms with van der Waals surface area (Å²) in [6.07, 6.45) is 5.37. The maximum atomic E-state index is 11.2. The molecule has 6 heteroatoms. The van der Waals surface area contributed by atoms with Gasteiger partial charge in [-0.1, -0.05) is 12.2 Å². The van der Waals surface area contributed by atoms with Crippen LogP contribution in [0.4, 0.5) is 5.82 Å². The molecule has 2 atom stereocenters. The molecule has 2 unspecified atom stereocenters. The Morgan fingerprint density at radius 1 is 1.44 bits per heavy atom. The zero-order valence-electron chi connectivity index (χ0n) is 9.54. The van der Waals surface area contributed by atoms with Gasteiger partial charge in [-0.25, -0.2) is 4.98 Å². The predicted molar refractivity (Wildman–Crippen MR) is 65.0 cm³/mol. The number of nitrogens with two attached hydrogens (primary N) is 1. The maximum absolute atomic E-state index is 11.2. The first-order chi connectivity index (χ1) is 8.58. The van der Waals surface area contributed by atoms with Crippen molar-refractivity contribution < 1.29 is 14.7 Å². The SMILES string of the molecule is NC(=O)c1cccnc1NC1C=CC(C(=O)O)C1. The summed E-state index contributed by atoms with van der Waals surface area (Å²) < 4.78 is 0. The molecule has 18 heavy (non-hydrogen) atoms. The van der Waals surface area contributed by atoms with Gasteiger partial charge in [-0.05, 0) is 18.6 Å². The highest BCUT2D eigenvalue weighted by molar-refractivity contribution is 5.97. The molecule has 1 aromatic rings. The Hall–Kier alpha value is -2.37. The normalized spacial score (nSPS) is 21.8. The zero-order valence-corrected chi connectivity index (χ0v) is 9.54. The van der Waals surface area contributed by atoms with Crippen molar-refractivity contribution in [1.82, 2.24) is 4.98 Å². The molecule has 1 aromatic heterocycles. The van der Waals surface area contributed by atoms with Crippen molar-refractivity contribution in [2.45, 2.75) is 12.5 Å². The van der Waals surface area contributed by atoms with Crippen LogP contribution in [-0.2, 0) is 4.79 Å². The molecule has 0 fully saturated rings. The van der Waals surface area contributed by atoms with E-state index in [0.717, 1.165) is 0 Å². The summed E-state index contributed by atoms with van der Waals surface area (Å²) in [5.41, 5.74) is 5.53. The second-order valence-corrected chi connectivity index (χ2v) is 4.08. The van der Waals surface area contributed by atoms with Gasteiger partial charge in [-0.3, -0.25) is 9.59 Å². The Kier molecular flexibility index (Phi) is 3.27. The van der Waals surface area contributed by atoms with Crippen LogP contribution >= 0.6 is 0 Å². The van der Waals surface area contributed by atoms with Crippen molar-refractivity contribution in [3.8, 4) is 0 Å². The van der Waals surface area contributed by atoms with Crippen LogP contribution in [-0.4, -0.2) is 28.0 Å². The lowest BCUT2D eigenvalue weighted by Gasteiger charge is -2.14. The molecular formula is C12H13N3O3. The summed E-state index contributed by atoms with van der Waals surface area (Å²) in [6.45, 7) is 0. The predicted octanol–water partition coefficient (Wildman–Crippen LogP) is 0.622. The van der Waals surface area contributed by atoms with Crippen LogP contribution in [0.1, 0.15) is 16.8 Å². The molecule has 94 valence electrons. The third-order valence-electron chi connectivity index (χ3n) is 2.80. The molecule has 0 aromatic carbocycles. The number of carbonyl (C=O) groups is 2. The quantitative estimate of drug-likeness (QED) is 0.676. The number of nitrogens with zero attached hydrogens (tertiary/aromatic N) is 1. The third-order valence-corrected chi connectivity index (χ3v) is 2.80. The first-order valence-corrected chi connectivity index (χ1v) is 5.50. The number of primary amides is 1. The largest absolute Gasteiger partial charge is 0.481 e. The van der Waals surface area contributed by atoms with Gasteiger partial charge in [0.2, 0.25) is 0 Å². The lowest BCUT2D eigenvalue weighted by atomic mass is 10.1. The standard InChI is InChI=1S/C12H13N3O3/c13-10(16)9-2-1-5-14-11(9)15-8-4-3-7(6-8)12(17)18/h1-5,7-8H,6H2,(H2,13,16)(H,14,15)(H,17,18). The monoisotopic (exact) mass is 247 g/mol. The molecule has 6 nitrogen and oxygen atoms in total. The molecule has 1 amide bonds. The molecule has 1 aliphatic rings. The third kappa shape index (κ3) is 2.48. The number of hydrogen-bond acceptors (Lipinski definition) is 4. The van der Waals surface area contributed by atoms with E-state index in [9.17, 15) is 9.59 Å². The molecule has 0 aliphatic heterocycles. The minimum atomic E-state index is -0.855. The van der Waals surface area contributed by atoms with E-state index >= 15 is 0 Å². The van der Waals surface area contributed by atoms with Crippen molar-refractivity contribution in [2.75, 3.05) is 5.32 Å². The highest BCUT2D eigenvalue weighted by atomic mass is 16.4. The van der Waals surface area contributed by atoms with Gasteiger partial charge in [-0.15, -0.1) is 0 Å². The van der Waals surface area contributed by atoms with E-state index in [4.69, 9.17) is 10.8 Å². The fourth-order valence-corrected chi connectivity index (χ4v) is 1.88. The average molecular weight is 247 g/mol. The molecule has 4 N–H and O–H groups in total. The van der Waals surface area contributed by atoms with Gasteiger partial charge in [0, 0.05) is 12.2 Å². The van der Waals surface area contributed by atoms with Gasteiger partial charge in [-0.2, -0.15) is 0 Å². The van der Waals surface area contributed by atoms with Crippen LogP contribution in [0.2, 0.25) is 0 Å². The number of rotatable bonds is 4. The Bertz CT molecular complexity index is 513. The van der Waals surface area contributed by atoms with Gasteiger partial charge in [0.15, 0.2) is 0 Å². The molecular weight excluding hydrogens is 234 g/mol. The van der Waals surface area contributed by atoms with Gasteiger partial charge in [0.25, 0.3) is 5.91 Å². The van der Waals surface area contributed by atoms with Gasteiger partial charge < -0.3 is 16.2 Å². The molecule has 1 aliphatic carbocycles. The number of anilines is 1. The zero-order chi connectivity index (χ0) is 13.1. The van der Waals surface area contributed by atoms with Crippen LogP contribution in [0.15, 0.2) is 30.5 Å². The molecule has 2 rings (SSSR count). The van der Waals surface area contributed by atoms with Crippen LogP contribution in [0, 0.1) is 5.92 Å². The van der Waals surface area contributed by atoms with E-state index in [-0.39, 0.29) is 6.04 Å². The van der Waals surface area contributed by atoms with E-state index < -0.39 is 17.8 Å². The van der Waals surface area contributed by atoms with Gasteiger partial charge in [0.05, 0.1) is 11.5 Å². The first-order valence-electron chi connectivity index (χ1n) is 5.50. The molecule has 0 spiro atoms. The summed E-state index contributed by atoms with van der Waals surface area (Å²) in [7, 11) is 0. The number of hydrogen-bond donors (Lipinski definition) is 3. The Morgan fingerprint density at radius 3 is 2.83 bits per heavy atom. The van der Waals surface area contributed by atoms with E-state index in [1.165, 1.54) is 0 Å². The minimum absolute atomic E-state index is 0.154. The molecule has 0 saturated carbocycles. The number of carboxylic acid groups (broad SMARTS) is 1. The smallest absolute Gasteiger partial charge is 0.310 e. The lowest BCUT2D eigenvalue weighted by molar-refractivity contribution is -0.140. The summed E-state index contributed by atoms with van der Waals surface area (Å²) in [6, 6.07) is 3.04. The van der Waals surface area contributed by atoms with E-state index in [1.54, 1.807) is 30.5 Å². The number of nitrogens with one attached hydrogen (secondary N) is 1. The summed E-state index contributed by atoms with van der Waals surface area (Å²) in [5.74, 6) is -1.54. The topological polar surface area (TPSA) is 105 Å². The number of amides is 1. The van der Waals surface area contributed by atoms with Crippen molar-refractivity contribution in [3.63, 3.8) is 0 Å².